The zero-order valence-corrected chi connectivity index (χ0v) is 23.8. The molecular formula is C27H34N8O4S. The average molecular weight is 567 g/mol. The van der Waals surface area contributed by atoms with Gasteiger partial charge < -0.3 is 14.6 Å². The lowest BCUT2D eigenvalue weighted by Crippen LogP contribution is -2.48. The van der Waals surface area contributed by atoms with Crippen LogP contribution in [-0.4, -0.2) is 86.7 Å². The number of aromatic amines is 1. The second-order valence-electron chi connectivity index (χ2n) is 9.58. The third kappa shape index (κ3) is 5.49. The molecule has 4 aromatic heterocycles. The number of sulfonamides is 1. The Hall–Kier alpha value is -3.68. The number of aromatic nitrogens is 6. The number of nitrogens with zero attached hydrogens (tertiary/aromatic N) is 7. The molecule has 1 fully saturated rings. The van der Waals surface area contributed by atoms with E-state index >= 15 is 0 Å². The van der Waals surface area contributed by atoms with Crippen LogP contribution in [0, 0.1) is 0 Å². The van der Waals surface area contributed by atoms with E-state index in [0.29, 0.717) is 68.0 Å². The number of ether oxygens (including phenoxy) is 1. The first-order valence-corrected chi connectivity index (χ1v) is 15.0. The predicted molar refractivity (Wildman–Crippen MR) is 151 cm³/mol. The van der Waals surface area contributed by atoms with E-state index in [1.54, 1.807) is 10.9 Å². The van der Waals surface area contributed by atoms with Crippen LogP contribution in [0.1, 0.15) is 38.6 Å². The van der Waals surface area contributed by atoms with Crippen molar-refractivity contribution in [3.05, 3.63) is 58.4 Å². The Bertz CT molecular complexity index is 1640. The highest BCUT2D eigenvalue weighted by atomic mass is 32.2. The molecule has 5 heterocycles. The Balaban J connectivity index is 1.60. The number of likely N-dealkylation sites (N-methyl/N-ethyl adjacent to an activating group) is 1. The number of piperazine rings is 1. The largest absolute Gasteiger partial charge is 0.477 e. The van der Waals surface area contributed by atoms with E-state index in [1.807, 2.05) is 32.0 Å². The minimum Gasteiger partial charge on any atom is -0.477 e. The van der Waals surface area contributed by atoms with Gasteiger partial charge in [0.15, 0.2) is 5.52 Å². The SMILES string of the molecule is CCCc1nn(Cc2ccccn2)c2c(=O)[nH]c(-c3cc(S(=O)(=O)N4CCN(CC)CC4)cnc3OCC)nc12. The highest BCUT2D eigenvalue weighted by Crippen LogP contribution is 2.30. The zero-order chi connectivity index (χ0) is 28.3. The summed E-state index contributed by atoms with van der Waals surface area (Å²) in [6.45, 7) is 9.53. The molecule has 4 aromatic rings. The first-order chi connectivity index (χ1) is 19.3. The Labute approximate surface area is 233 Å². The summed E-state index contributed by atoms with van der Waals surface area (Å²) in [7, 11) is -3.81. The smallest absolute Gasteiger partial charge is 0.277 e. The molecule has 0 aromatic carbocycles. The van der Waals surface area contributed by atoms with Crippen LogP contribution < -0.4 is 10.3 Å². The van der Waals surface area contributed by atoms with Crippen LogP contribution in [-0.2, 0) is 23.0 Å². The molecule has 0 unspecified atom stereocenters. The lowest BCUT2D eigenvalue weighted by Gasteiger charge is -2.33. The molecule has 0 radical (unpaired) electrons. The average Bonchev–Trinajstić information content (AvgIpc) is 3.31. The summed E-state index contributed by atoms with van der Waals surface area (Å²) in [6.07, 6.45) is 4.43. The van der Waals surface area contributed by atoms with Gasteiger partial charge in [-0.2, -0.15) is 9.40 Å². The Morgan fingerprint density at radius 1 is 1.07 bits per heavy atom. The maximum Gasteiger partial charge on any atom is 0.277 e. The predicted octanol–water partition coefficient (Wildman–Crippen LogP) is 2.30. The van der Waals surface area contributed by atoms with E-state index in [9.17, 15) is 13.2 Å². The second kappa shape index (κ2) is 11.8. The summed E-state index contributed by atoms with van der Waals surface area (Å²) in [5.41, 5.74) is 2.15. The van der Waals surface area contributed by atoms with Gasteiger partial charge in [-0.3, -0.25) is 14.5 Å². The van der Waals surface area contributed by atoms with Gasteiger partial charge in [0.2, 0.25) is 15.9 Å². The number of H-pyrrole nitrogens is 1. The van der Waals surface area contributed by atoms with Crippen molar-refractivity contribution in [3.63, 3.8) is 0 Å². The summed E-state index contributed by atoms with van der Waals surface area (Å²) < 4.78 is 35.9. The van der Waals surface area contributed by atoms with E-state index in [0.717, 1.165) is 18.7 Å². The Morgan fingerprint density at radius 2 is 1.88 bits per heavy atom. The number of aryl methyl sites for hydroxylation is 1. The zero-order valence-electron chi connectivity index (χ0n) is 23.0. The molecule has 0 amide bonds. The Kier molecular flexibility index (Phi) is 8.24. The number of hydrogen-bond donors (Lipinski definition) is 1. The normalized spacial score (nSPS) is 15.1. The van der Waals surface area contributed by atoms with Gasteiger partial charge in [0.1, 0.15) is 16.2 Å². The molecule has 0 saturated carbocycles. The van der Waals surface area contributed by atoms with E-state index < -0.39 is 15.6 Å². The molecule has 0 bridgehead atoms. The number of rotatable bonds is 10. The van der Waals surface area contributed by atoms with Gasteiger partial charge in [0.25, 0.3) is 5.56 Å². The molecule has 0 atom stereocenters. The summed E-state index contributed by atoms with van der Waals surface area (Å²) >= 11 is 0. The maximum absolute atomic E-state index is 13.5. The minimum atomic E-state index is -3.81. The molecule has 1 saturated heterocycles. The van der Waals surface area contributed by atoms with Gasteiger partial charge in [-0.05, 0) is 38.1 Å². The van der Waals surface area contributed by atoms with Crippen LogP contribution >= 0.6 is 0 Å². The first-order valence-electron chi connectivity index (χ1n) is 13.6. The quantitative estimate of drug-likeness (QED) is 0.306. The summed E-state index contributed by atoms with van der Waals surface area (Å²) in [6, 6.07) is 7.07. The number of fused-ring (bicyclic) bond motifs is 1. The highest BCUT2D eigenvalue weighted by molar-refractivity contribution is 7.89. The molecule has 212 valence electrons. The van der Waals surface area contributed by atoms with E-state index in [1.165, 1.54) is 16.6 Å². The molecule has 0 spiro atoms. The van der Waals surface area contributed by atoms with Crippen molar-refractivity contribution in [3.8, 4) is 17.3 Å². The van der Waals surface area contributed by atoms with Gasteiger partial charge in [-0.25, -0.2) is 18.4 Å². The standard InChI is InChI=1S/C27H34N8O4S/c1-4-9-22-23-24(35(32-22)18-19-10-7-8-11-28-19)26(36)31-25(30-23)21-16-20(17-29-27(21)39-6-3)40(37,38)34-14-12-33(5-2)13-15-34/h7-8,10-11,16-17H,4-6,9,12-15,18H2,1-3H3,(H,30,31,36). The van der Waals surface area contributed by atoms with Gasteiger partial charge in [0, 0.05) is 32.4 Å². The third-order valence-electron chi connectivity index (χ3n) is 6.97. The van der Waals surface area contributed by atoms with E-state index in [-0.39, 0.29) is 16.6 Å². The highest BCUT2D eigenvalue weighted by Gasteiger charge is 2.30. The van der Waals surface area contributed by atoms with Gasteiger partial charge >= 0.3 is 0 Å². The fourth-order valence-electron chi connectivity index (χ4n) is 4.87. The molecule has 1 N–H and O–H groups in total. The van der Waals surface area contributed by atoms with Crippen molar-refractivity contribution in [2.45, 2.75) is 45.1 Å². The monoisotopic (exact) mass is 566 g/mol. The Morgan fingerprint density at radius 3 is 2.55 bits per heavy atom. The molecule has 13 heteroatoms. The van der Waals surface area contributed by atoms with E-state index in [4.69, 9.17) is 14.8 Å². The molecule has 12 nitrogen and oxygen atoms in total. The van der Waals surface area contributed by atoms with Crippen LogP contribution in [0.3, 0.4) is 0 Å². The fraction of sp³-hybridized carbons (Fsp3) is 0.444. The molecule has 1 aliphatic rings. The minimum absolute atomic E-state index is 0.0262. The van der Waals surface area contributed by atoms with Gasteiger partial charge in [-0.15, -0.1) is 0 Å². The third-order valence-corrected chi connectivity index (χ3v) is 8.83. The van der Waals surface area contributed by atoms with Crippen molar-refractivity contribution in [1.82, 2.24) is 38.9 Å². The lowest BCUT2D eigenvalue weighted by molar-refractivity contribution is 0.196. The van der Waals surface area contributed by atoms with Crippen LogP contribution in [0.15, 0.2) is 46.3 Å². The molecule has 5 rings (SSSR count). The maximum atomic E-state index is 13.5. The molecule has 1 aliphatic heterocycles. The lowest BCUT2D eigenvalue weighted by atomic mass is 10.2. The topological polar surface area (TPSA) is 139 Å². The molecule has 0 aliphatic carbocycles. The van der Waals surface area contributed by atoms with Crippen LogP contribution in [0.2, 0.25) is 0 Å². The summed E-state index contributed by atoms with van der Waals surface area (Å²) in [4.78, 5) is 32.1. The molecule has 40 heavy (non-hydrogen) atoms. The van der Waals surface area contributed by atoms with Gasteiger partial charge in [-0.1, -0.05) is 26.3 Å². The van der Waals surface area contributed by atoms with Crippen molar-refractivity contribution >= 4 is 21.1 Å². The van der Waals surface area contributed by atoms with Crippen molar-refractivity contribution in [2.24, 2.45) is 0 Å². The van der Waals surface area contributed by atoms with Crippen molar-refractivity contribution < 1.29 is 13.2 Å². The van der Waals surface area contributed by atoms with Crippen molar-refractivity contribution in [1.29, 1.82) is 0 Å². The van der Waals surface area contributed by atoms with Crippen LogP contribution in [0.5, 0.6) is 5.88 Å². The fourth-order valence-corrected chi connectivity index (χ4v) is 6.27. The van der Waals surface area contributed by atoms with Crippen LogP contribution in [0.25, 0.3) is 22.4 Å². The summed E-state index contributed by atoms with van der Waals surface area (Å²) in [5, 5.41) is 4.70. The van der Waals surface area contributed by atoms with Crippen LogP contribution in [0.4, 0.5) is 0 Å². The van der Waals surface area contributed by atoms with Crippen molar-refractivity contribution in [2.75, 3.05) is 39.3 Å². The molecular weight excluding hydrogens is 532 g/mol. The number of hydrogen-bond acceptors (Lipinski definition) is 9. The van der Waals surface area contributed by atoms with Gasteiger partial charge in [0.05, 0.1) is 36.3 Å². The summed E-state index contributed by atoms with van der Waals surface area (Å²) in [5.74, 6) is 0.369. The second-order valence-corrected chi connectivity index (χ2v) is 11.5. The first kappa shape index (κ1) is 27.9. The van der Waals surface area contributed by atoms with E-state index in [2.05, 4.69) is 26.8 Å². The number of pyridine rings is 2. The number of nitrogens with one attached hydrogen (secondary N) is 1.